The van der Waals surface area contributed by atoms with Gasteiger partial charge in [0.2, 0.25) is 5.95 Å². The van der Waals surface area contributed by atoms with E-state index in [1.165, 1.54) is 5.56 Å². The molecule has 0 aliphatic carbocycles. The quantitative estimate of drug-likeness (QED) is 0.448. The van der Waals surface area contributed by atoms with Crippen molar-refractivity contribution in [3.05, 3.63) is 78.4 Å². The number of nitrogens with one attached hydrogen (secondary N) is 2. The Morgan fingerprint density at radius 1 is 0.731 bits per heavy atom. The highest BCUT2D eigenvalue weighted by molar-refractivity contribution is 5.92. The smallest absolute Gasteiger partial charge is 0.229 e. The number of benzene rings is 3. The van der Waals surface area contributed by atoms with E-state index in [2.05, 4.69) is 39.7 Å². The van der Waals surface area contributed by atoms with Crippen LogP contribution >= 0.6 is 0 Å². The minimum absolute atomic E-state index is 0.219. The second-order valence-corrected chi connectivity index (χ2v) is 6.08. The highest BCUT2D eigenvalue weighted by Gasteiger charge is 2.08. The summed E-state index contributed by atoms with van der Waals surface area (Å²) in [4.78, 5) is 9.23. The fourth-order valence-electron chi connectivity index (χ4n) is 2.68. The molecule has 0 bridgehead atoms. The number of anilines is 4. The first-order valence-electron chi connectivity index (χ1n) is 8.34. The fraction of sp³-hybridized carbons (Fsp3) is 0.0476. The molecule has 0 radical (unpaired) electrons. The Kier molecular flexibility index (Phi) is 4.11. The first kappa shape index (κ1) is 15.9. The highest BCUT2D eigenvalue weighted by Crippen LogP contribution is 2.26. The Balaban J connectivity index is 1.72. The van der Waals surface area contributed by atoms with Crippen LogP contribution in [0.3, 0.4) is 0 Å². The number of para-hydroxylation sites is 1. The van der Waals surface area contributed by atoms with Gasteiger partial charge in [-0.05, 0) is 55.5 Å². The first-order valence-corrected chi connectivity index (χ1v) is 8.34. The minimum atomic E-state index is 0.219. The third-order valence-corrected chi connectivity index (χ3v) is 4.04. The van der Waals surface area contributed by atoms with Gasteiger partial charge in [-0.3, -0.25) is 0 Å². The normalized spacial score (nSPS) is 10.7. The largest absolute Gasteiger partial charge is 0.508 e. The van der Waals surface area contributed by atoms with Crippen LogP contribution < -0.4 is 10.6 Å². The summed E-state index contributed by atoms with van der Waals surface area (Å²) in [7, 11) is 0. The lowest BCUT2D eigenvalue weighted by atomic mass is 10.2. The average molecular weight is 342 g/mol. The van der Waals surface area contributed by atoms with E-state index in [9.17, 15) is 5.11 Å². The number of phenolic OH excluding ortho intramolecular Hbond substituents is 1. The van der Waals surface area contributed by atoms with Gasteiger partial charge in [0.15, 0.2) is 0 Å². The van der Waals surface area contributed by atoms with E-state index in [0.29, 0.717) is 5.95 Å². The van der Waals surface area contributed by atoms with Gasteiger partial charge in [0.05, 0.1) is 5.52 Å². The topological polar surface area (TPSA) is 70.1 Å². The van der Waals surface area contributed by atoms with Gasteiger partial charge in [-0.1, -0.05) is 29.8 Å². The Labute approximate surface area is 151 Å². The van der Waals surface area contributed by atoms with E-state index in [1.807, 2.05) is 36.4 Å². The number of aromatic nitrogens is 2. The summed E-state index contributed by atoms with van der Waals surface area (Å²) < 4.78 is 0. The van der Waals surface area contributed by atoms with Crippen LogP contribution in [0.5, 0.6) is 5.75 Å². The number of hydrogen-bond acceptors (Lipinski definition) is 5. The molecule has 128 valence electrons. The zero-order valence-electron chi connectivity index (χ0n) is 14.3. The van der Waals surface area contributed by atoms with Gasteiger partial charge in [0, 0.05) is 16.8 Å². The lowest BCUT2D eigenvalue weighted by Crippen LogP contribution is -2.02. The molecule has 0 fully saturated rings. The monoisotopic (exact) mass is 342 g/mol. The zero-order chi connectivity index (χ0) is 17.9. The highest BCUT2D eigenvalue weighted by atomic mass is 16.3. The van der Waals surface area contributed by atoms with Gasteiger partial charge >= 0.3 is 0 Å². The van der Waals surface area contributed by atoms with Crippen molar-refractivity contribution in [1.29, 1.82) is 0 Å². The molecule has 0 saturated carbocycles. The van der Waals surface area contributed by atoms with E-state index in [1.54, 1.807) is 24.3 Å². The summed E-state index contributed by atoms with van der Waals surface area (Å²) in [6.07, 6.45) is 0. The van der Waals surface area contributed by atoms with Crippen molar-refractivity contribution < 1.29 is 5.11 Å². The molecule has 5 nitrogen and oxygen atoms in total. The number of aryl methyl sites for hydroxylation is 1. The minimum Gasteiger partial charge on any atom is -0.508 e. The van der Waals surface area contributed by atoms with Crippen LogP contribution in [0.25, 0.3) is 10.9 Å². The molecule has 0 spiro atoms. The second kappa shape index (κ2) is 6.72. The molecule has 3 aromatic carbocycles. The van der Waals surface area contributed by atoms with Crippen LogP contribution in [0, 0.1) is 6.92 Å². The van der Waals surface area contributed by atoms with E-state index in [-0.39, 0.29) is 5.75 Å². The maximum atomic E-state index is 9.42. The molecule has 4 rings (SSSR count). The number of fused-ring (bicyclic) bond motifs is 1. The lowest BCUT2D eigenvalue weighted by Gasteiger charge is -2.12. The Morgan fingerprint density at radius 3 is 2.15 bits per heavy atom. The summed E-state index contributed by atoms with van der Waals surface area (Å²) >= 11 is 0. The predicted octanol–water partition coefficient (Wildman–Crippen LogP) is 5.13. The standard InChI is InChI=1S/C21H18N4O/c1-14-6-8-15(9-7-14)22-20-18-4-2-3-5-19(18)24-21(25-20)23-16-10-12-17(26)13-11-16/h2-13,26H,1H3,(H2,22,23,24,25). The fourth-order valence-corrected chi connectivity index (χ4v) is 2.68. The van der Waals surface area contributed by atoms with Gasteiger partial charge in [0.25, 0.3) is 0 Å². The van der Waals surface area contributed by atoms with Crippen molar-refractivity contribution in [1.82, 2.24) is 9.97 Å². The van der Waals surface area contributed by atoms with E-state index < -0.39 is 0 Å². The number of nitrogens with zero attached hydrogens (tertiary/aromatic N) is 2. The molecule has 0 saturated heterocycles. The summed E-state index contributed by atoms with van der Waals surface area (Å²) in [5.74, 6) is 1.45. The van der Waals surface area contributed by atoms with Gasteiger partial charge in [0.1, 0.15) is 11.6 Å². The summed E-state index contributed by atoms with van der Waals surface area (Å²) in [5, 5.41) is 16.9. The van der Waals surface area contributed by atoms with E-state index in [0.717, 1.165) is 28.1 Å². The Bertz CT molecular complexity index is 1040. The van der Waals surface area contributed by atoms with Crippen molar-refractivity contribution in [3.8, 4) is 5.75 Å². The van der Waals surface area contributed by atoms with Gasteiger partial charge in [-0.15, -0.1) is 0 Å². The first-order chi connectivity index (χ1) is 12.7. The molecular weight excluding hydrogens is 324 g/mol. The average Bonchev–Trinajstić information content (AvgIpc) is 2.65. The van der Waals surface area contributed by atoms with Crippen LogP contribution in [0.4, 0.5) is 23.1 Å². The van der Waals surface area contributed by atoms with Crippen molar-refractivity contribution in [3.63, 3.8) is 0 Å². The molecule has 0 aliphatic heterocycles. The maximum absolute atomic E-state index is 9.42. The predicted molar refractivity (Wildman–Crippen MR) is 105 cm³/mol. The molecule has 1 heterocycles. The maximum Gasteiger partial charge on any atom is 0.229 e. The summed E-state index contributed by atoms with van der Waals surface area (Å²) in [5.41, 5.74) is 3.82. The van der Waals surface area contributed by atoms with Gasteiger partial charge < -0.3 is 15.7 Å². The second-order valence-electron chi connectivity index (χ2n) is 6.08. The van der Waals surface area contributed by atoms with Crippen LogP contribution in [0.1, 0.15) is 5.56 Å². The SMILES string of the molecule is Cc1ccc(Nc2nc(Nc3ccc(O)cc3)nc3ccccc23)cc1. The van der Waals surface area contributed by atoms with Gasteiger partial charge in [-0.2, -0.15) is 4.98 Å². The van der Waals surface area contributed by atoms with Crippen LogP contribution in [-0.2, 0) is 0 Å². The third-order valence-electron chi connectivity index (χ3n) is 4.04. The van der Waals surface area contributed by atoms with Crippen molar-refractivity contribution in [2.75, 3.05) is 10.6 Å². The Morgan fingerprint density at radius 2 is 1.38 bits per heavy atom. The molecular formula is C21H18N4O. The molecule has 0 aliphatic rings. The summed E-state index contributed by atoms with van der Waals surface area (Å²) in [6, 6.07) is 22.8. The number of aromatic hydroxyl groups is 1. The third kappa shape index (κ3) is 3.42. The molecule has 0 amide bonds. The van der Waals surface area contributed by atoms with Gasteiger partial charge in [-0.25, -0.2) is 4.98 Å². The molecule has 4 aromatic rings. The number of rotatable bonds is 4. The van der Waals surface area contributed by atoms with Crippen LogP contribution in [0.15, 0.2) is 72.8 Å². The molecule has 5 heteroatoms. The van der Waals surface area contributed by atoms with E-state index >= 15 is 0 Å². The molecule has 26 heavy (non-hydrogen) atoms. The van der Waals surface area contributed by atoms with Crippen molar-refractivity contribution in [2.24, 2.45) is 0 Å². The molecule has 0 unspecified atom stereocenters. The van der Waals surface area contributed by atoms with Crippen molar-refractivity contribution in [2.45, 2.75) is 6.92 Å². The molecule has 0 atom stereocenters. The lowest BCUT2D eigenvalue weighted by molar-refractivity contribution is 0.475. The number of phenols is 1. The van der Waals surface area contributed by atoms with Crippen LogP contribution in [0.2, 0.25) is 0 Å². The van der Waals surface area contributed by atoms with E-state index in [4.69, 9.17) is 0 Å². The molecule has 3 N–H and O–H groups in total. The summed E-state index contributed by atoms with van der Waals surface area (Å²) in [6.45, 7) is 2.06. The number of hydrogen-bond donors (Lipinski definition) is 3. The molecule has 1 aromatic heterocycles. The van der Waals surface area contributed by atoms with Crippen LogP contribution in [-0.4, -0.2) is 15.1 Å². The Hall–Kier alpha value is -3.60. The zero-order valence-corrected chi connectivity index (χ0v) is 14.3. The van der Waals surface area contributed by atoms with Crippen molar-refractivity contribution >= 4 is 34.0 Å².